The van der Waals surface area contributed by atoms with Crippen LogP contribution in [0.1, 0.15) is 16.7 Å². The van der Waals surface area contributed by atoms with Crippen LogP contribution in [0.3, 0.4) is 0 Å². The molecule has 0 aliphatic carbocycles. The lowest BCUT2D eigenvalue weighted by atomic mass is 10.0. The summed E-state index contributed by atoms with van der Waals surface area (Å²) in [6.45, 7) is -0.413. The van der Waals surface area contributed by atoms with Gasteiger partial charge in [0.2, 0.25) is 10.0 Å². The van der Waals surface area contributed by atoms with Gasteiger partial charge in [-0.25, -0.2) is 8.42 Å². The van der Waals surface area contributed by atoms with Crippen LogP contribution in [-0.4, -0.2) is 34.6 Å². The van der Waals surface area contributed by atoms with Crippen LogP contribution in [0.5, 0.6) is 5.75 Å². The minimum absolute atomic E-state index is 0.102. The molecule has 2 N–H and O–H groups in total. The summed E-state index contributed by atoms with van der Waals surface area (Å²) in [5, 5.41) is -0.613. The monoisotopic (exact) mass is 608 g/mol. The van der Waals surface area contributed by atoms with Gasteiger partial charge in [0, 0.05) is 25.5 Å². The lowest BCUT2D eigenvalue weighted by Crippen LogP contribution is -2.31. The second kappa shape index (κ2) is 11.7. The molecule has 0 saturated carbocycles. The fourth-order valence-corrected chi connectivity index (χ4v) is 6.58. The highest BCUT2D eigenvalue weighted by molar-refractivity contribution is 7.89. The highest BCUT2D eigenvalue weighted by Crippen LogP contribution is 2.60. The highest BCUT2D eigenvalue weighted by atomic mass is 35.5. The Bertz CT molecular complexity index is 1670. The van der Waals surface area contributed by atoms with Gasteiger partial charge in [0.15, 0.2) is 0 Å². The number of hydrogen-bond donors (Lipinski definition) is 2. The van der Waals surface area contributed by atoms with Gasteiger partial charge in [-0.2, -0.15) is 13.1 Å². The molecular formula is C27H24ClF2N2O6PS. The Morgan fingerprint density at radius 1 is 0.975 bits per heavy atom. The molecule has 0 fully saturated rings. The molecule has 8 nitrogen and oxygen atoms in total. The number of sulfonamides is 1. The lowest BCUT2D eigenvalue weighted by molar-refractivity contribution is 0.0565. The third-order valence-electron chi connectivity index (χ3n) is 6.12. The van der Waals surface area contributed by atoms with Crippen molar-refractivity contribution in [2.45, 2.75) is 23.6 Å². The Morgan fingerprint density at radius 2 is 1.62 bits per heavy atom. The van der Waals surface area contributed by atoms with Gasteiger partial charge in [-0.05, 0) is 52.6 Å². The number of methoxy groups -OCH3 is 1. The van der Waals surface area contributed by atoms with E-state index in [1.165, 1.54) is 19.2 Å². The quantitative estimate of drug-likeness (QED) is 0.211. The SMILES string of the molecule is COc1ccccc1S(=O)(=O)N(Cc1ccc(C(F)(F)P(=O)(O)O)c(Cl)c1)Cc1ccccc1-c1ccncc1. The number of pyridine rings is 1. The Labute approximate surface area is 235 Å². The van der Waals surface area contributed by atoms with Gasteiger partial charge in [-0.15, -0.1) is 0 Å². The number of ether oxygens (including phenoxy) is 1. The van der Waals surface area contributed by atoms with Crippen LogP contribution in [-0.2, 0) is 33.3 Å². The van der Waals surface area contributed by atoms with Gasteiger partial charge in [0.25, 0.3) is 0 Å². The number of hydrogen-bond acceptors (Lipinski definition) is 5. The van der Waals surface area contributed by atoms with Gasteiger partial charge >= 0.3 is 13.3 Å². The summed E-state index contributed by atoms with van der Waals surface area (Å²) in [4.78, 5) is 22.1. The van der Waals surface area contributed by atoms with Crippen molar-refractivity contribution in [2.24, 2.45) is 0 Å². The summed E-state index contributed by atoms with van der Waals surface area (Å²) in [7, 11) is -8.75. The summed E-state index contributed by atoms with van der Waals surface area (Å²) < 4.78 is 74.4. The van der Waals surface area contributed by atoms with E-state index < -0.39 is 33.9 Å². The number of alkyl halides is 2. The molecule has 0 saturated heterocycles. The van der Waals surface area contributed by atoms with Crippen LogP contribution in [0.25, 0.3) is 11.1 Å². The maximum atomic E-state index is 14.3. The Kier molecular flexibility index (Phi) is 8.75. The first kappa shape index (κ1) is 29.8. The Morgan fingerprint density at radius 3 is 2.27 bits per heavy atom. The number of rotatable bonds is 10. The third-order valence-corrected chi connectivity index (χ3v) is 9.24. The van der Waals surface area contributed by atoms with Crippen molar-refractivity contribution in [3.63, 3.8) is 0 Å². The fourth-order valence-electron chi connectivity index (χ4n) is 4.12. The molecule has 13 heteroatoms. The van der Waals surface area contributed by atoms with Gasteiger partial charge in [-0.1, -0.05) is 60.1 Å². The van der Waals surface area contributed by atoms with Gasteiger partial charge < -0.3 is 14.5 Å². The predicted molar refractivity (Wildman–Crippen MR) is 146 cm³/mol. The van der Waals surface area contributed by atoms with Crippen molar-refractivity contribution >= 4 is 29.2 Å². The normalized spacial score (nSPS) is 12.5. The predicted octanol–water partition coefficient (Wildman–Crippen LogP) is 6.03. The Balaban J connectivity index is 1.80. The molecule has 0 unspecified atom stereocenters. The standard InChI is InChI=1S/C27H24ClF2N2O6PS/c1-38-25-8-4-5-9-26(25)40(36,37)32(18-21-6-2-3-7-22(21)20-12-14-31-15-13-20)17-19-10-11-23(24(28)16-19)27(29,30)39(33,34)35/h2-16H,17-18H2,1H3,(H2,33,34,35). The zero-order valence-corrected chi connectivity index (χ0v) is 23.5. The molecule has 0 aliphatic heterocycles. The van der Waals surface area contributed by atoms with Crippen molar-refractivity contribution in [1.29, 1.82) is 0 Å². The molecule has 1 heterocycles. The molecule has 40 heavy (non-hydrogen) atoms. The smallest absolute Gasteiger partial charge is 0.399 e. The molecule has 1 aromatic heterocycles. The van der Waals surface area contributed by atoms with Crippen molar-refractivity contribution in [3.05, 3.63) is 113 Å². The number of aromatic nitrogens is 1. The Hall–Kier alpha value is -3.18. The molecule has 0 amide bonds. The van der Waals surface area contributed by atoms with E-state index >= 15 is 0 Å². The molecule has 0 atom stereocenters. The minimum atomic E-state index is -5.86. The maximum absolute atomic E-state index is 14.3. The minimum Gasteiger partial charge on any atom is -0.495 e. The summed E-state index contributed by atoms with van der Waals surface area (Å²) in [6, 6.07) is 19.9. The number of para-hydroxylation sites is 1. The molecule has 3 aromatic carbocycles. The van der Waals surface area contributed by atoms with Crippen molar-refractivity contribution in [1.82, 2.24) is 9.29 Å². The fraction of sp³-hybridized carbons (Fsp3) is 0.148. The second-order valence-electron chi connectivity index (χ2n) is 8.72. The van der Waals surface area contributed by atoms with E-state index in [9.17, 15) is 21.8 Å². The number of benzene rings is 3. The first-order valence-electron chi connectivity index (χ1n) is 11.7. The van der Waals surface area contributed by atoms with Crippen LogP contribution in [0.15, 0.2) is 96.2 Å². The third kappa shape index (κ3) is 6.10. The van der Waals surface area contributed by atoms with E-state index in [0.717, 1.165) is 33.6 Å². The van der Waals surface area contributed by atoms with Crippen LogP contribution >= 0.6 is 19.2 Å². The van der Waals surface area contributed by atoms with Crippen LogP contribution < -0.4 is 4.74 Å². The molecule has 210 valence electrons. The van der Waals surface area contributed by atoms with E-state index in [1.54, 1.807) is 48.8 Å². The number of halogens is 3. The summed E-state index contributed by atoms with van der Waals surface area (Å²) in [5.74, 6) is 0.115. The lowest BCUT2D eigenvalue weighted by Gasteiger charge is -2.25. The zero-order chi connectivity index (χ0) is 29.1. The van der Waals surface area contributed by atoms with E-state index in [-0.39, 0.29) is 29.3 Å². The van der Waals surface area contributed by atoms with Gasteiger partial charge in [-0.3, -0.25) is 9.55 Å². The molecular weight excluding hydrogens is 585 g/mol. The van der Waals surface area contributed by atoms with E-state index in [0.29, 0.717) is 5.56 Å². The average molecular weight is 609 g/mol. The molecule has 4 rings (SSSR count). The largest absolute Gasteiger partial charge is 0.495 e. The molecule has 0 aliphatic rings. The zero-order valence-electron chi connectivity index (χ0n) is 21.0. The molecule has 0 radical (unpaired) electrons. The summed E-state index contributed by atoms with van der Waals surface area (Å²) in [6.07, 6.45) is 3.23. The molecule has 0 spiro atoms. The first-order valence-corrected chi connectivity index (χ1v) is 15.1. The van der Waals surface area contributed by atoms with Crippen molar-refractivity contribution in [3.8, 4) is 16.9 Å². The van der Waals surface area contributed by atoms with Crippen LogP contribution in [0, 0.1) is 0 Å². The van der Waals surface area contributed by atoms with Gasteiger partial charge in [0.05, 0.1) is 17.7 Å². The summed E-state index contributed by atoms with van der Waals surface area (Å²) in [5.41, 5.74) is -3.13. The van der Waals surface area contributed by atoms with Crippen LogP contribution in [0.2, 0.25) is 5.02 Å². The molecule has 0 bridgehead atoms. The van der Waals surface area contributed by atoms with E-state index in [4.69, 9.17) is 26.1 Å². The van der Waals surface area contributed by atoms with Crippen LogP contribution in [0.4, 0.5) is 8.78 Å². The first-order chi connectivity index (χ1) is 18.9. The highest BCUT2D eigenvalue weighted by Gasteiger charge is 2.51. The van der Waals surface area contributed by atoms with Gasteiger partial charge in [0.1, 0.15) is 10.6 Å². The van der Waals surface area contributed by atoms with Crippen molar-refractivity contribution < 1.29 is 36.3 Å². The van der Waals surface area contributed by atoms with E-state index in [2.05, 4.69) is 4.98 Å². The maximum Gasteiger partial charge on any atom is 0.399 e. The summed E-state index contributed by atoms with van der Waals surface area (Å²) >= 11 is 6.03. The number of nitrogens with zero attached hydrogens (tertiary/aromatic N) is 2. The molecule has 4 aromatic rings. The van der Waals surface area contributed by atoms with E-state index in [1.807, 2.05) is 12.1 Å². The van der Waals surface area contributed by atoms with Crippen molar-refractivity contribution in [2.75, 3.05) is 7.11 Å². The topological polar surface area (TPSA) is 117 Å². The average Bonchev–Trinajstić information content (AvgIpc) is 2.92. The second-order valence-corrected chi connectivity index (χ2v) is 12.7.